The van der Waals surface area contributed by atoms with Crippen LogP contribution in [0.1, 0.15) is 42.0 Å². The molecule has 9 heteroatoms. The van der Waals surface area contributed by atoms with Crippen LogP contribution in [-0.4, -0.2) is 59.3 Å². The highest BCUT2D eigenvalue weighted by Gasteiger charge is 2.19. The van der Waals surface area contributed by atoms with Gasteiger partial charge in [0, 0.05) is 32.2 Å². The Labute approximate surface area is 189 Å². The van der Waals surface area contributed by atoms with Gasteiger partial charge < -0.3 is 29.4 Å². The van der Waals surface area contributed by atoms with Crippen LogP contribution in [0.4, 0.5) is 0 Å². The van der Waals surface area contributed by atoms with E-state index in [-0.39, 0.29) is 12.2 Å². The maximum atomic E-state index is 6.23. The van der Waals surface area contributed by atoms with Crippen LogP contribution < -0.4 is 15.4 Å². The molecule has 174 valence electrons. The molecular formula is C23H34N6O3. The first-order valence-corrected chi connectivity index (χ1v) is 11.4. The van der Waals surface area contributed by atoms with Gasteiger partial charge in [-0.05, 0) is 38.3 Å². The van der Waals surface area contributed by atoms with Crippen LogP contribution in [0, 0.1) is 13.8 Å². The molecule has 32 heavy (non-hydrogen) atoms. The molecule has 2 aliphatic rings. The van der Waals surface area contributed by atoms with E-state index in [1.54, 1.807) is 0 Å². The van der Waals surface area contributed by atoms with E-state index in [4.69, 9.17) is 19.2 Å². The fourth-order valence-corrected chi connectivity index (χ4v) is 3.81. The normalized spacial score (nSPS) is 21.2. The lowest BCUT2D eigenvalue weighted by Crippen LogP contribution is -2.41. The van der Waals surface area contributed by atoms with E-state index in [0.29, 0.717) is 19.7 Å². The Hall–Kier alpha value is -2.65. The fourth-order valence-electron chi connectivity index (χ4n) is 3.81. The van der Waals surface area contributed by atoms with Crippen molar-refractivity contribution in [3.63, 3.8) is 0 Å². The highest BCUT2D eigenvalue weighted by atomic mass is 16.5. The zero-order valence-electron chi connectivity index (χ0n) is 19.3. The highest BCUT2D eigenvalue weighted by Crippen LogP contribution is 2.24. The minimum atomic E-state index is 0.105. The summed E-state index contributed by atoms with van der Waals surface area (Å²) >= 11 is 0. The second kappa shape index (κ2) is 10.8. The Balaban J connectivity index is 1.45. The molecule has 0 spiro atoms. The van der Waals surface area contributed by atoms with Crippen molar-refractivity contribution in [3.05, 3.63) is 41.0 Å². The summed E-state index contributed by atoms with van der Waals surface area (Å²) < 4.78 is 19.4. The number of rotatable bonds is 8. The molecule has 2 aromatic rings. The number of ether oxygens (including phenoxy) is 3. The van der Waals surface area contributed by atoms with E-state index in [1.807, 2.05) is 18.5 Å². The Bertz CT molecular complexity index is 916. The summed E-state index contributed by atoms with van der Waals surface area (Å²) in [6.07, 6.45) is 3.43. The molecule has 2 N–H and O–H groups in total. The van der Waals surface area contributed by atoms with Crippen LogP contribution in [0.15, 0.2) is 23.2 Å². The summed E-state index contributed by atoms with van der Waals surface area (Å²) in [5.41, 5.74) is 2.22. The molecule has 2 unspecified atom stereocenters. The maximum absolute atomic E-state index is 6.23. The molecule has 2 fully saturated rings. The molecule has 3 heterocycles. The number of hydrogen-bond donors (Lipinski definition) is 2. The number of nitrogens with one attached hydrogen (secondary N) is 2. The second-order valence-electron chi connectivity index (χ2n) is 8.47. The van der Waals surface area contributed by atoms with Crippen LogP contribution in [-0.2, 0) is 29.6 Å². The average molecular weight is 443 g/mol. The lowest BCUT2D eigenvalue weighted by Gasteiger charge is -2.17. The Kier molecular flexibility index (Phi) is 7.59. The predicted octanol–water partition coefficient (Wildman–Crippen LogP) is 2.01. The largest absolute Gasteiger partial charge is 0.488 e. The van der Waals surface area contributed by atoms with Crippen LogP contribution in [0.3, 0.4) is 0 Å². The van der Waals surface area contributed by atoms with Gasteiger partial charge in [-0.2, -0.15) is 0 Å². The van der Waals surface area contributed by atoms with Gasteiger partial charge in [0.2, 0.25) is 0 Å². The molecule has 0 amide bonds. The first-order valence-electron chi connectivity index (χ1n) is 11.4. The van der Waals surface area contributed by atoms with Crippen LogP contribution >= 0.6 is 0 Å². The molecule has 0 radical (unpaired) electrons. The maximum Gasteiger partial charge on any atom is 0.192 e. The summed E-state index contributed by atoms with van der Waals surface area (Å²) in [6.45, 7) is 8.00. The first kappa shape index (κ1) is 22.5. The molecule has 9 nitrogen and oxygen atoms in total. The van der Waals surface area contributed by atoms with E-state index in [9.17, 15) is 0 Å². The van der Waals surface area contributed by atoms with Crippen LogP contribution in [0.25, 0.3) is 0 Å². The molecule has 1 aromatic heterocycles. The summed E-state index contributed by atoms with van der Waals surface area (Å²) in [5, 5.41) is 15.2. The van der Waals surface area contributed by atoms with Gasteiger partial charge in [0.25, 0.3) is 0 Å². The molecule has 0 saturated carbocycles. The minimum Gasteiger partial charge on any atom is -0.488 e. The lowest BCUT2D eigenvalue weighted by atomic mass is 10.1. The Morgan fingerprint density at radius 1 is 1.22 bits per heavy atom. The van der Waals surface area contributed by atoms with E-state index in [0.717, 1.165) is 67.9 Å². The van der Waals surface area contributed by atoms with Crippen molar-refractivity contribution < 1.29 is 14.2 Å². The summed E-state index contributed by atoms with van der Waals surface area (Å²) in [4.78, 5) is 4.84. The number of hydrogen-bond acceptors (Lipinski definition) is 6. The molecule has 0 aliphatic carbocycles. The van der Waals surface area contributed by atoms with Crippen LogP contribution in [0.2, 0.25) is 0 Å². The van der Waals surface area contributed by atoms with Gasteiger partial charge >= 0.3 is 0 Å². The number of benzene rings is 1. The van der Waals surface area contributed by atoms with Crippen molar-refractivity contribution in [1.82, 2.24) is 25.4 Å². The molecule has 2 atom stereocenters. The topological polar surface area (TPSA) is 94.8 Å². The van der Waals surface area contributed by atoms with Crippen molar-refractivity contribution in [3.8, 4) is 5.75 Å². The van der Waals surface area contributed by atoms with Crippen molar-refractivity contribution in [1.29, 1.82) is 0 Å². The van der Waals surface area contributed by atoms with Crippen molar-refractivity contribution in [2.45, 2.75) is 58.4 Å². The average Bonchev–Trinajstić information content (AvgIpc) is 3.54. The van der Waals surface area contributed by atoms with Gasteiger partial charge in [-0.15, -0.1) is 10.2 Å². The van der Waals surface area contributed by atoms with Gasteiger partial charge in [-0.3, -0.25) is 0 Å². The second-order valence-corrected chi connectivity index (χ2v) is 8.47. The molecule has 0 bridgehead atoms. The number of nitrogens with zero attached hydrogens (tertiary/aromatic N) is 4. The van der Waals surface area contributed by atoms with Crippen molar-refractivity contribution >= 4 is 5.96 Å². The van der Waals surface area contributed by atoms with Crippen molar-refractivity contribution in [2.75, 3.05) is 26.4 Å². The van der Waals surface area contributed by atoms with E-state index in [2.05, 4.69) is 46.0 Å². The quantitative estimate of drug-likeness (QED) is 0.477. The molecule has 4 rings (SSSR count). The van der Waals surface area contributed by atoms with Gasteiger partial charge in [0.1, 0.15) is 17.7 Å². The molecule has 1 aromatic carbocycles. The van der Waals surface area contributed by atoms with Gasteiger partial charge in [-0.1, -0.05) is 12.1 Å². The van der Waals surface area contributed by atoms with E-state index < -0.39 is 0 Å². The van der Waals surface area contributed by atoms with E-state index in [1.165, 1.54) is 5.56 Å². The van der Waals surface area contributed by atoms with Gasteiger partial charge in [0.15, 0.2) is 11.8 Å². The molecule has 2 saturated heterocycles. The summed E-state index contributed by atoms with van der Waals surface area (Å²) in [6, 6.07) is 6.27. The zero-order valence-corrected chi connectivity index (χ0v) is 19.3. The predicted molar refractivity (Wildman–Crippen MR) is 122 cm³/mol. The SMILES string of the molecule is Cc1ccc(CN=C(NCc2nnc(C)n2C)NCC2CCCO2)c(OC2CCOC2)c1. The summed E-state index contributed by atoms with van der Waals surface area (Å²) in [5.74, 6) is 3.34. The van der Waals surface area contributed by atoms with Gasteiger partial charge in [0.05, 0.1) is 32.4 Å². The van der Waals surface area contributed by atoms with Crippen LogP contribution in [0.5, 0.6) is 5.75 Å². The fraction of sp³-hybridized carbons (Fsp3) is 0.609. The first-order chi connectivity index (χ1) is 15.6. The third-order valence-corrected chi connectivity index (χ3v) is 5.93. The van der Waals surface area contributed by atoms with Gasteiger partial charge in [-0.25, -0.2) is 4.99 Å². The third-order valence-electron chi connectivity index (χ3n) is 5.93. The Morgan fingerprint density at radius 3 is 2.84 bits per heavy atom. The summed E-state index contributed by atoms with van der Waals surface area (Å²) in [7, 11) is 1.96. The minimum absolute atomic E-state index is 0.105. The zero-order chi connectivity index (χ0) is 22.3. The number of guanidine groups is 1. The van der Waals surface area contributed by atoms with E-state index >= 15 is 0 Å². The standard InChI is InChI=1S/C23H34N6O3/c1-16-6-7-18(21(11-16)32-20-8-10-30-15-20)12-24-23(25-13-19-5-4-9-31-19)26-14-22-28-27-17(2)29(22)3/h6-7,11,19-20H,4-5,8-10,12-15H2,1-3H3,(H2,24,25,26). The Morgan fingerprint density at radius 2 is 2.12 bits per heavy atom. The number of aromatic nitrogens is 3. The molecular weight excluding hydrogens is 408 g/mol. The highest BCUT2D eigenvalue weighted by molar-refractivity contribution is 5.79. The molecule has 2 aliphatic heterocycles. The number of aliphatic imine (C=N–C) groups is 1. The third kappa shape index (κ3) is 5.98. The lowest BCUT2D eigenvalue weighted by molar-refractivity contribution is 0.113. The number of aryl methyl sites for hydroxylation is 2. The smallest absolute Gasteiger partial charge is 0.192 e. The van der Waals surface area contributed by atoms with Crippen molar-refractivity contribution in [2.24, 2.45) is 12.0 Å². The monoisotopic (exact) mass is 442 g/mol.